The number of para-hydroxylation sites is 1. The fraction of sp³-hybridized carbons (Fsp3) is 0.435. The van der Waals surface area contributed by atoms with Crippen molar-refractivity contribution in [2.75, 3.05) is 11.1 Å². The molecule has 7 heteroatoms. The number of carbonyl (C=O) groups excluding carboxylic acids is 1. The lowest BCUT2D eigenvalue weighted by atomic mass is 9.95. The molecule has 3 aromatic rings. The van der Waals surface area contributed by atoms with Gasteiger partial charge in [0.2, 0.25) is 5.91 Å². The Balaban J connectivity index is 1.47. The first kappa shape index (κ1) is 21.1. The highest BCUT2D eigenvalue weighted by molar-refractivity contribution is 7.99. The number of anilines is 1. The molecule has 0 atom stereocenters. The summed E-state index contributed by atoms with van der Waals surface area (Å²) in [6.07, 6.45) is 7.83. The number of hydrogen-bond donors (Lipinski definition) is 1. The summed E-state index contributed by atoms with van der Waals surface area (Å²) in [5, 5.41) is 15.0. The van der Waals surface area contributed by atoms with E-state index in [9.17, 15) is 4.79 Å². The van der Waals surface area contributed by atoms with Crippen LogP contribution < -0.4 is 5.32 Å². The molecule has 158 valence electrons. The van der Waals surface area contributed by atoms with Gasteiger partial charge in [0, 0.05) is 23.0 Å². The molecule has 5 nitrogen and oxygen atoms in total. The van der Waals surface area contributed by atoms with Crippen LogP contribution in [0.5, 0.6) is 0 Å². The number of nitrogens with zero attached hydrogens (tertiary/aromatic N) is 3. The first-order valence-electron chi connectivity index (χ1n) is 10.7. The number of rotatable bonds is 8. The van der Waals surface area contributed by atoms with Crippen LogP contribution in [-0.4, -0.2) is 26.4 Å². The summed E-state index contributed by atoms with van der Waals surface area (Å²) in [5.41, 5.74) is 2.05. The molecule has 30 heavy (non-hydrogen) atoms. The molecular weight excluding hydrogens is 412 g/mol. The van der Waals surface area contributed by atoms with E-state index in [-0.39, 0.29) is 5.91 Å². The molecule has 0 saturated heterocycles. The van der Waals surface area contributed by atoms with Crippen LogP contribution in [0.15, 0.2) is 46.9 Å². The van der Waals surface area contributed by atoms with Gasteiger partial charge in [-0.05, 0) is 42.3 Å². The van der Waals surface area contributed by atoms with Crippen LogP contribution in [0.25, 0.3) is 0 Å². The molecule has 4 rings (SSSR count). The van der Waals surface area contributed by atoms with Crippen LogP contribution in [0, 0.1) is 0 Å². The monoisotopic (exact) mass is 440 g/mol. The number of amides is 1. The van der Waals surface area contributed by atoms with Gasteiger partial charge in [-0.2, -0.15) is 0 Å². The largest absolute Gasteiger partial charge is 0.325 e. The van der Waals surface area contributed by atoms with Crippen LogP contribution in [0.4, 0.5) is 5.69 Å². The number of nitrogens with one attached hydrogen (secondary N) is 1. The van der Waals surface area contributed by atoms with Crippen molar-refractivity contribution in [1.82, 2.24) is 14.8 Å². The van der Waals surface area contributed by atoms with E-state index in [1.807, 2.05) is 18.2 Å². The Kier molecular flexibility index (Phi) is 7.23. The number of hydrogen-bond acceptors (Lipinski definition) is 5. The second-order valence-electron chi connectivity index (χ2n) is 7.66. The Morgan fingerprint density at radius 3 is 2.77 bits per heavy atom. The molecule has 1 fully saturated rings. The van der Waals surface area contributed by atoms with Crippen molar-refractivity contribution < 1.29 is 4.79 Å². The van der Waals surface area contributed by atoms with E-state index in [1.165, 1.54) is 48.7 Å². The van der Waals surface area contributed by atoms with E-state index in [0.717, 1.165) is 35.1 Å². The summed E-state index contributed by atoms with van der Waals surface area (Å²) >= 11 is 3.25. The molecule has 2 aromatic heterocycles. The topological polar surface area (TPSA) is 59.8 Å². The van der Waals surface area contributed by atoms with Gasteiger partial charge in [-0.15, -0.1) is 21.5 Å². The third-order valence-corrected chi connectivity index (χ3v) is 7.41. The minimum absolute atomic E-state index is 0.00102. The van der Waals surface area contributed by atoms with Crippen molar-refractivity contribution in [2.24, 2.45) is 0 Å². The van der Waals surface area contributed by atoms with E-state index in [4.69, 9.17) is 0 Å². The van der Waals surface area contributed by atoms with Crippen LogP contribution in [0.2, 0.25) is 0 Å². The predicted molar refractivity (Wildman–Crippen MR) is 124 cm³/mol. The zero-order chi connectivity index (χ0) is 20.8. The van der Waals surface area contributed by atoms with Gasteiger partial charge in [-0.3, -0.25) is 4.79 Å². The van der Waals surface area contributed by atoms with Crippen LogP contribution in [0.3, 0.4) is 0 Å². The van der Waals surface area contributed by atoms with E-state index >= 15 is 0 Å². The Hall–Kier alpha value is -2.12. The van der Waals surface area contributed by atoms with Crippen molar-refractivity contribution in [3.8, 4) is 0 Å². The minimum Gasteiger partial charge on any atom is -0.325 e. The van der Waals surface area contributed by atoms with E-state index in [2.05, 4.69) is 50.6 Å². The lowest BCUT2D eigenvalue weighted by Gasteiger charge is -2.25. The third kappa shape index (κ3) is 5.13. The number of thioether (sulfide) groups is 1. The average Bonchev–Trinajstić information content (AvgIpc) is 3.43. The predicted octanol–water partition coefficient (Wildman–Crippen LogP) is 5.73. The normalized spacial score (nSPS) is 14.7. The lowest BCUT2D eigenvalue weighted by Crippen LogP contribution is -2.18. The minimum atomic E-state index is -0.00102. The second-order valence-corrected chi connectivity index (χ2v) is 9.64. The molecule has 1 amide bonds. The average molecular weight is 441 g/mol. The number of thiophene rings is 1. The van der Waals surface area contributed by atoms with Crippen molar-refractivity contribution in [1.29, 1.82) is 0 Å². The molecule has 0 spiro atoms. The molecule has 1 aromatic carbocycles. The first-order chi connectivity index (χ1) is 14.7. The number of aromatic nitrogens is 3. The van der Waals surface area contributed by atoms with Gasteiger partial charge in [0.15, 0.2) is 5.16 Å². The zero-order valence-corrected chi connectivity index (χ0v) is 19.0. The summed E-state index contributed by atoms with van der Waals surface area (Å²) in [6.45, 7) is 2.10. The number of carbonyl (C=O) groups is 1. The van der Waals surface area contributed by atoms with Gasteiger partial charge < -0.3 is 9.88 Å². The molecule has 1 aliphatic rings. The Labute approximate surface area is 186 Å². The second kappa shape index (κ2) is 10.3. The van der Waals surface area contributed by atoms with Crippen molar-refractivity contribution in [3.05, 3.63) is 58.0 Å². The van der Waals surface area contributed by atoms with Crippen LogP contribution >= 0.6 is 23.1 Å². The van der Waals surface area contributed by atoms with Crippen molar-refractivity contribution in [3.63, 3.8) is 0 Å². The SMILES string of the molecule is CCc1ccccc1NC(=O)CSc1nnc(Cc2cccs2)n1C1CCCCC1. The fourth-order valence-electron chi connectivity index (χ4n) is 4.07. The van der Waals surface area contributed by atoms with Crippen LogP contribution in [0.1, 0.15) is 61.3 Å². The van der Waals surface area contributed by atoms with Gasteiger partial charge in [-0.1, -0.05) is 62.2 Å². The summed E-state index contributed by atoms with van der Waals surface area (Å²) < 4.78 is 2.32. The van der Waals surface area contributed by atoms with Crippen LogP contribution in [-0.2, 0) is 17.6 Å². The Morgan fingerprint density at radius 2 is 2.00 bits per heavy atom. The first-order valence-corrected chi connectivity index (χ1v) is 12.6. The summed E-state index contributed by atoms with van der Waals surface area (Å²) in [7, 11) is 0. The van der Waals surface area contributed by atoms with E-state index < -0.39 is 0 Å². The maximum Gasteiger partial charge on any atom is 0.234 e. The summed E-state index contributed by atoms with van der Waals surface area (Å²) in [4.78, 5) is 13.9. The smallest absolute Gasteiger partial charge is 0.234 e. The maximum atomic E-state index is 12.6. The Morgan fingerprint density at radius 1 is 1.17 bits per heavy atom. The molecule has 0 bridgehead atoms. The molecule has 0 radical (unpaired) electrons. The third-order valence-electron chi connectivity index (χ3n) is 5.59. The lowest BCUT2D eigenvalue weighted by molar-refractivity contribution is -0.113. The van der Waals surface area contributed by atoms with E-state index in [0.29, 0.717) is 11.8 Å². The summed E-state index contributed by atoms with van der Waals surface area (Å²) in [6, 6.07) is 12.6. The molecular formula is C23H28N4OS2. The van der Waals surface area contributed by atoms with Gasteiger partial charge in [-0.25, -0.2) is 0 Å². The maximum absolute atomic E-state index is 12.6. The molecule has 2 heterocycles. The molecule has 0 unspecified atom stereocenters. The van der Waals surface area contributed by atoms with Crippen molar-refractivity contribution >= 4 is 34.7 Å². The summed E-state index contributed by atoms with van der Waals surface area (Å²) in [5.74, 6) is 1.35. The van der Waals surface area contributed by atoms with Gasteiger partial charge in [0.25, 0.3) is 0 Å². The Bertz CT molecular complexity index is 962. The van der Waals surface area contributed by atoms with Gasteiger partial charge >= 0.3 is 0 Å². The van der Waals surface area contributed by atoms with E-state index in [1.54, 1.807) is 11.3 Å². The highest BCUT2D eigenvalue weighted by Crippen LogP contribution is 2.33. The number of aryl methyl sites for hydroxylation is 1. The zero-order valence-electron chi connectivity index (χ0n) is 17.3. The molecule has 1 N–H and O–H groups in total. The standard InChI is InChI=1S/C23H28N4OS2/c1-2-17-9-6-7-13-20(17)24-22(28)16-30-23-26-25-21(15-19-12-8-14-29-19)27(23)18-10-4-3-5-11-18/h6-9,12-14,18H,2-5,10-11,15-16H2,1H3,(H,24,28). The highest BCUT2D eigenvalue weighted by atomic mass is 32.2. The van der Waals surface area contributed by atoms with Gasteiger partial charge in [0.05, 0.1) is 5.75 Å². The molecule has 1 saturated carbocycles. The van der Waals surface area contributed by atoms with Gasteiger partial charge in [0.1, 0.15) is 5.82 Å². The van der Waals surface area contributed by atoms with Crippen molar-refractivity contribution in [2.45, 2.75) is 63.1 Å². The highest BCUT2D eigenvalue weighted by Gasteiger charge is 2.24. The molecule has 0 aliphatic heterocycles. The quantitative estimate of drug-likeness (QED) is 0.455. The number of benzene rings is 1. The molecule has 1 aliphatic carbocycles. The fourth-order valence-corrected chi connectivity index (χ4v) is 5.59.